The highest BCUT2D eigenvalue weighted by atomic mass is 31.2. The van der Waals surface area contributed by atoms with Crippen LogP contribution in [0.2, 0.25) is 0 Å². The minimum atomic E-state index is -4.58. The zero-order valence-electron chi connectivity index (χ0n) is 36.2. The molecule has 1 amide bonds. The van der Waals surface area contributed by atoms with E-state index in [-0.39, 0.29) is 19.1 Å². The van der Waals surface area contributed by atoms with Gasteiger partial charge in [0.05, 0.1) is 39.9 Å². The number of amides is 1. The van der Waals surface area contributed by atoms with Crippen LogP contribution in [-0.2, 0) is 18.4 Å². The minimum Gasteiger partial charge on any atom is -0.756 e. The molecule has 0 bridgehead atoms. The largest absolute Gasteiger partial charge is 0.756 e. The molecule has 0 aromatic carbocycles. The zero-order valence-corrected chi connectivity index (χ0v) is 37.1. The van der Waals surface area contributed by atoms with E-state index >= 15 is 0 Å². The lowest BCUT2D eigenvalue weighted by Crippen LogP contribution is -2.45. The van der Waals surface area contributed by atoms with Gasteiger partial charge in [-0.25, -0.2) is 0 Å². The maximum atomic E-state index is 12.8. The summed E-state index contributed by atoms with van der Waals surface area (Å²) in [5.41, 5.74) is 0. The van der Waals surface area contributed by atoms with E-state index in [0.29, 0.717) is 17.4 Å². The number of unbranched alkanes of at least 4 members (excludes halogenated alkanes) is 26. The van der Waals surface area contributed by atoms with Gasteiger partial charge < -0.3 is 28.8 Å². The quantitative estimate of drug-likeness (QED) is 0.0277. The maximum absolute atomic E-state index is 12.8. The van der Waals surface area contributed by atoms with Crippen LogP contribution in [0.15, 0.2) is 24.3 Å². The van der Waals surface area contributed by atoms with Crippen molar-refractivity contribution in [1.82, 2.24) is 5.32 Å². The summed E-state index contributed by atoms with van der Waals surface area (Å²) in [6.07, 6.45) is 43.6. The Morgan fingerprint density at radius 1 is 0.630 bits per heavy atom. The Bertz CT molecular complexity index is 938. The van der Waals surface area contributed by atoms with E-state index < -0.39 is 20.0 Å². The van der Waals surface area contributed by atoms with Crippen LogP contribution in [0.25, 0.3) is 0 Å². The summed E-state index contributed by atoms with van der Waals surface area (Å²) in [6.45, 7) is 4.60. The van der Waals surface area contributed by atoms with Crippen LogP contribution >= 0.6 is 7.82 Å². The SMILES string of the molecule is CCC/C=C/CCCCCCCC/C=C/[C@@H](O)[C@H](COP(=O)([O-])OCC[N+](C)(C)C)NC(=O)CCCCCCCCCCCCCCCCCCCCC. The fourth-order valence-electron chi connectivity index (χ4n) is 6.51. The molecule has 3 atom stereocenters. The fourth-order valence-corrected chi connectivity index (χ4v) is 7.23. The number of rotatable bonds is 41. The Morgan fingerprint density at radius 2 is 1.06 bits per heavy atom. The highest BCUT2D eigenvalue weighted by Crippen LogP contribution is 2.38. The number of aliphatic hydroxyl groups is 1. The molecule has 0 aromatic rings. The molecule has 54 heavy (non-hydrogen) atoms. The predicted molar refractivity (Wildman–Crippen MR) is 228 cm³/mol. The average Bonchev–Trinajstić information content (AvgIpc) is 3.12. The van der Waals surface area contributed by atoms with Gasteiger partial charge in [-0.15, -0.1) is 0 Å². The monoisotopic (exact) mass is 785 g/mol. The highest BCUT2D eigenvalue weighted by molar-refractivity contribution is 7.45. The Labute approximate surface area is 334 Å². The Kier molecular flexibility index (Phi) is 36.8. The molecule has 0 heterocycles. The van der Waals surface area contributed by atoms with Gasteiger partial charge in [-0.3, -0.25) is 9.36 Å². The zero-order chi connectivity index (χ0) is 40.0. The summed E-state index contributed by atoms with van der Waals surface area (Å²) in [5.74, 6) is -0.199. The number of nitrogens with one attached hydrogen (secondary N) is 1. The molecule has 0 aliphatic carbocycles. The molecule has 0 saturated carbocycles. The molecule has 0 rings (SSSR count). The van der Waals surface area contributed by atoms with E-state index in [1.165, 1.54) is 148 Å². The molecule has 9 heteroatoms. The van der Waals surface area contributed by atoms with Crippen LogP contribution in [0.4, 0.5) is 0 Å². The number of allylic oxidation sites excluding steroid dienone is 3. The number of hydrogen-bond acceptors (Lipinski definition) is 6. The van der Waals surface area contributed by atoms with Gasteiger partial charge in [-0.1, -0.05) is 186 Å². The van der Waals surface area contributed by atoms with Crippen molar-refractivity contribution in [3.05, 3.63) is 24.3 Å². The molecule has 1 unspecified atom stereocenters. The third-order valence-corrected chi connectivity index (χ3v) is 11.1. The van der Waals surface area contributed by atoms with Crippen molar-refractivity contribution >= 4 is 13.7 Å². The molecule has 0 radical (unpaired) electrons. The summed E-state index contributed by atoms with van der Waals surface area (Å²) in [4.78, 5) is 25.3. The van der Waals surface area contributed by atoms with Gasteiger partial charge in [0.2, 0.25) is 5.91 Å². The van der Waals surface area contributed by atoms with Gasteiger partial charge in [-0.05, 0) is 38.5 Å². The summed E-state index contributed by atoms with van der Waals surface area (Å²) in [7, 11) is 1.26. The van der Waals surface area contributed by atoms with E-state index in [0.717, 1.165) is 38.5 Å². The van der Waals surface area contributed by atoms with E-state index in [1.54, 1.807) is 6.08 Å². The number of phosphoric ester groups is 1. The number of quaternary nitrogens is 1. The van der Waals surface area contributed by atoms with Crippen LogP contribution in [0.5, 0.6) is 0 Å². The van der Waals surface area contributed by atoms with Crippen LogP contribution in [0, 0.1) is 0 Å². The number of nitrogens with zero attached hydrogens (tertiary/aromatic N) is 1. The lowest BCUT2D eigenvalue weighted by atomic mass is 10.0. The van der Waals surface area contributed by atoms with Gasteiger partial charge in [0.25, 0.3) is 7.82 Å². The molecule has 0 aliphatic heterocycles. The normalized spacial score (nSPS) is 14.6. The summed E-state index contributed by atoms with van der Waals surface area (Å²) >= 11 is 0. The van der Waals surface area contributed by atoms with Crippen LogP contribution in [-0.4, -0.2) is 68.5 Å². The van der Waals surface area contributed by atoms with Crippen molar-refractivity contribution in [2.75, 3.05) is 40.9 Å². The first-order valence-corrected chi connectivity index (χ1v) is 24.2. The molecule has 0 aliphatic rings. The second-order valence-electron chi connectivity index (χ2n) is 16.8. The van der Waals surface area contributed by atoms with Crippen LogP contribution in [0.3, 0.4) is 0 Å². The lowest BCUT2D eigenvalue weighted by molar-refractivity contribution is -0.870. The van der Waals surface area contributed by atoms with E-state index in [2.05, 4.69) is 31.3 Å². The van der Waals surface area contributed by atoms with Crippen molar-refractivity contribution in [3.8, 4) is 0 Å². The van der Waals surface area contributed by atoms with E-state index in [9.17, 15) is 19.4 Å². The lowest BCUT2D eigenvalue weighted by Gasteiger charge is -2.29. The molecule has 8 nitrogen and oxygen atoms in total. The number of aliphatic hydroxyl groups excluding tert-OH is 1. The van der Waals surface area contributed by atoms with Crippen molar-refractivity contribution in [2.24, 2.45) is 0 Å². The van der Waals surface area contributed by atoms with E-state index in [1.807, 2.05) is 27.2 Å². The topological polar surface area (TPSA) is 108 Å². The Balaban J connectivity index is 4.34. The van der Waals surface area contributed by atoms with Gasteiger partial charge >= 0.3 is 0 Å². The maximum Gasteiger partial charge on any atom is 0.268 e. The van der Waals surface area contributed by atoms with Gasteiger partial charge in [-0.2, -0.15) is 0 Å². The van der Waals surface area contributed by atoms with Gasteiger partial charge in [0, 0.05) is 6.42 Å². The second kappa shape index (κ2) is 37.6. The first-order chi connectivity index (χ1) is 26.0. The van der Waals surface area contributed by atoms with Crippen molar-refractivity contribution in [1.29, 1.82) is 0 Å². The van der Waals surface area contributed by atoms with Crippen LogP contribution < -0.4 is 10.2 Å². The smallest absolute Gasteiger partial charge is 0.268 e. The third-order valence-electron chi connectivity index (χ3n) is 10.1. The number of carbonyl (C=O) groups excluding carboxylic acids is 1. The second-order valence-corrected chi connectivity index (χ2v) is 18.2. The summed E-state index contributed by atoms with van der Waals surface area (Å²) in [5, 5.41) is 13.8. The first kappa shape index (κ1) is 53.0. The first-order valence-electron chi connectivity index (χ1n) is 22.7. The highest BCUT2D eigenvalue weighted by Gasteiger charge is 2.23. The van der Waals surface area contributed by atoms with E-state index in [4.69, 9.17) is 9.05 Å². The minimum absolute atomic E-state index is 0.000826. The fraction of sp³-hybridized carbons (Fsp3) is 0.889. The standard InChI is InChI=1S/C45H89N2O6P/c1-6-8-10-12-14-16-18-20-21-22-23-24-25-27-29-31-33-35-37-39-45(49)46-43(42-53-54(50,51)52-41-40-47(3,4)5)44(48)38-36-34-32-30-28-26-19-17-15-13-11-9-7-2/h11,13,36,38,43-44,48H,6-10,12,14-35,37,39-42H2,1-5H3,(H-,46,49,50,51)/b13-11+,38-36+/t43-,44+/m0/s1. The molecular weight excluding hydrogens is 695 g/mol. The molecule has 0 saturated heterocycles. The number of likely N-dealkylation sites (N-methyl/N-ethyl adjacent to an activating group) is 1. The molecule has 2 N–H and O–H groups in total. The molecule has 0 fully saturated rings. The average molecular weight is 785 g/mol. The summed E-state index contributed by atoms with van der Waals surface area (Å²) in [6, 6.07) is -0.885. The molecule has 0 aromatic heterocycles. The van der Waals surface area contributed by atoms with Gasteiger partial charge in [0.1, 0.15) is 13.2 Å². The summed E-state index contributed by atoms with van der Waals surface area (Å²) < 4.78 is 23.2. The Hall–Kier alpha value is -1.02. The number of hydrogen-bond donors (Lipinski definition) is 2. The van der Waals surface area contributed by atoms with Gasteiger partial charge in [0.15, 0.2) is 0 Å². The number of carbonyl (C=O) groups is 1. The van der Waals surface area contributed by atoms with Crippen molar-refractivity contribution < 1.29 is 32.9 Å². The third kappa shape index (κ3) is 39.2. The van der Waals surface area contributed by atoms with Crippen molar-refractivity contribution in [2.45, 2.75) is 219 Å². The van der Waals surface area contributed by atoms with Crippen LogP contribution in [0.1, 0.15) is 206 Å². The molecule has 320 valence electrons. The molecule has 0 spiro atoms. The number of phosphoric acid groups is 1. The van der Waals surface area contributed by atoms with Crippen molar-refractivity contribution in [3.63, 3.8) is 0 Å². The Morgan fingerprint density at radius 3 is 1.52 bits per heavy atom. The molecular formula is C45H89N2O6P. The predicted octanol–water partition coefficient (Wildman–Crippen LogP) is 11.9.